The molecule has 1 aromatic rings. The van der Waals surface area contributed by atoms with Crippen molar-refractivity contribution in [2.24, 2.45) is 17.3 Å². The first-order valence-electron chi connectivity index (χ1n) is 9.03. The van der Waals surface area contributed by atoms with Gasteiger partial charge in [0.1, 0.15) is 5.82 Å². The maximum Gasteiger partial charge on any atom is 0.220 e. The molecule has 2 rings (SSSR count). The van der Waals surface area contributed by atoms with E-state index in [0.717, 1.165) is 31.5 Å². The lowest BCUT2D eigenvalue weighted by Crippen LogP contribution is -2.38. The van der Waals surface area contributed by atoms with E-state index in [-0.39, 0.29) is 35.6 Å². The second-order valence-corrected chi connectivity index (χ2v) is 8.19. The average molecular weight is 371 g/mol. The summed E-state index contributed by atoms with van der Waals surface area (Å²) in [6.45, 7) is 10.6. The van der Waals surface area contributed by atoms with Crippen LogP contribution in [0.25, 0.3) is 0 Å². The molecular formula is C20H32ClFN2O. The third-order valence-corrected chi connectivity index (χ3v) is 5.07. The van der Waals surface area contributed by atoms with Crippen molar-refractivity contribution in [3.63, 3.8) is 0 Å². The molecule has 1 amide bonds. The largest absolute Gasteiger partial charge is 0.349 e. The van der Waals surface area contributed by atoms with Crippen LogP contribution in [0.2, 0.25) is 0 Å². The zero-order chi connectivity index (χ0) is 17.7. The molecule has 3 nitrogen and oxygen atoms in total. The van der Waals surface area contributed by atoms with Gasteiger partial charge in [-0.15, -0.1) is 12.4 Å². The summed E-state index contributed by atoms with van der Waals surface area (Å²) in [5.41, 5.74) is 0.817. The molecule has 0 spiro atoms. The zero-order valence-corrected chi connectivity index (χ0v) is 16.6. The zero-order valence-electron chi connectivity index (χ0n) is 15.8. The molecule has 0 aromatic heterocycles. The van der Waals surface area contributed by atoms with Crippen LogP contribution in [0.3, 0.4) is 0 Å². The van der Waals surface area contributed by atoms with Crippen molar-refractivity contribution in [3.8, 4) is 0 Å². The Morgan fingerprint density at radius 3 is 2.32 bits per heavy atom. The summed E-state index contributed by atoms with van der Waals surface area (Å²) in [6.07, 6.45) is 2.85. The molecule has 0 aliphatic carbocycles. The van der Waals surface area contributed by atoms with Crippen LogP contribution in [0, 0.1) is 23.1 Å². The van der Waals surface area contributed by atoms with Gasteiger partial charge in [0.25, 0.3) is 0 Å². The van der Waals surface area contributed by atoms with Gasteiger partial charge in [0.2, 0.25) is 5.91 Å². The highest BCUT2D eigenvalue weighted by Gasteiger charge is 2.29. The Balaban J connectivity index is 0.00000312. The number of piperidine rings is 1. The maximum absolute atomic E-state index is 13.2. The number of amides is 1. The Morgan fingerprint density at radius 2 is 1.80 bits per heavy atom. The van der Waals surface area contributed by atoms with Gasteiger partial charge in [-0.2, -0.15) is 0 Å². The molecule has 2 N–H and O–H groups in total. The van der Waals surface area contributed by atoms with E-state index in [2.05, 4.69) is 38.3 Å². The quantitative estimate of drug-likeness (QED) is 0.802. The monoisotopic (exact) mass is 370 g/mol. The lowest BCUT2D eigenvalue weighted by molar-refractivity contribution is -0.123. The third kappa shape index (κ3) is 6.59. The first-order chi connectivity index (χ1) is 11.3. The lowest BCUT2D eigenvalue weighted by atomic mass is 9.81. The number of hydrogen-bond donors (Lipinski definition) is 2. The van der Waals surface area contributed by atoms with E-state index in [0.29, 0.717) is 18.3 Å². The SMILES string of the molecule is CC(CC(=O)NC(c1ccc(F)cc1)C(C)(C)C)C1CCNCC1.Cl. The van der Waals surface area contributed by atoms with E-state index >= 15 is 0 Å². The van der Waals surface area contributed by atoms with Gasteiger partial charge in [-0.1, -0.05) is 39.8 Å². The second kappa shape index (κ2) is 9.54. The number of carbonyl (C=O) groups is 1. The van der Waals surface area contributed by atoms with Crippen LogP contribution in [0.4, 0.5) is 4.39 Å². The Bertz CT molecular complexity index is 536. The van der Waals surface area contributed by atoms with Crippen molar-refractivity contribution in [1.29, 1.82) is 0 Å². The van der Waals surface area contributed by atoms with E-state index in [9.17, 15) is 9.18 Å². The summed E-state index contributed by atoms with van der Waals surface area (Å²) in [7, 11) is 0. The fourth-order valence-electron chi connectivity index (χ4n) is 3.55. The van der Waals surface area contributed by atoms with Crippen molar-refractivity contribution >= 4 is 18.3 Å². The third-order valence-electron chi connectivity index (χ3n) is 5.07. The highest BCUT2D eigenvalue weighted by molar-refractivity contribution is 5.85. The van der Waals surface area contributed by atoms with E-state index < -0.39 is 0 Å². The van der Waals surface area contributed by atoms with Crippen LogP contribution >= 0.6 is 12.4 Å². The van der Waals surface area contributed by atoms with Gasteiger partial charge in [-0.25, -0.2) is 4.39 Å². The van der Waals surface area contributed by atoms with Gasteiger partial charge in [0.05, 0.1) is 6.04 Å². The minimum atomic E-state index is -0.253. The summed E-state index contributed by atoms with van der Waals surface area (Å²) in [6, 6.07) is 6.32. The second-order valence-electron chi connectivity index (χ2n) is 8.19. The normalized spacial score (nSPS) is 18.1. The molecule has 0 bridgehead atoms. The van der Waals surface area contributed by atoms with Crippen molar-refractivity contribution < 1.29 is 9.18 Å². The summed E-state index contributed by atoms with van der Waals surface area (Å²) in [4.78, 5) is 12.6. The van der Waals surface area contributed by atoms with E-state index in [1.807, 2.05) is 0 Å². The Morgan fingerprint density at radius 1 is 1.24 bits per heavy atom. The average Bonchev–Trinajstić information content (AvgIpc) is 2.53. The van der Waals surface area contributed by atoms with Gasteiger partial charge >= 0.3 is 0 Å². The Labute approximate surface area is 157 Å². The van der Waals surface area contributed by atoms with E-state index in [1.165, 1.54) is 12.1 Å². The lowest BCUT2D eigenvalue weighted by Gasteiger charge is -2.33. The molecule has 2 atom stereocenters. The molecule has 1 aliphatic rings. The van der Waals surface area contributed by atoms with Gasteiger partial charge in [-0.3, -0.25) is 4.79 Å². The molecule has 1 fully saturated rings. The minimum Gasteiger partial charge on any atom is -0.349 e. The van der Waals surface area contributed by atoms with Crippen LogP contribution in [0.1, 0.15) is 58.6 Å². The fourth-order valence-corrected chi connectivity index (χ4v) is 3.55. The topological polar surface area (TPSA) is 41.1 Å². The molecule has 1 saturated heterocycles. The molecule has 0 saturated carbocycles. The standard InChI is InChI=1S/C20H31FN2O.ClH/c1-14(15-9-11-22-12-10-15)13-18(24)23-19(20(2,3)4)16-5-7-17(21)8-6-16;/h5-8,14-15,19,22H,9-13H2,1-4H3,(H,23,24);1H. The minimum absolute atomic E-state index is 0. The van der Waals surface area contributed by atoms with Gasteiger partial charge in [0, 0.05) is 6.42 Å². The number of carbonyl (C=O) groups excluding carboxylic acids is 1. The first-order valence-corrected chi connectivity index (χ1v) is 9.03. The number of halogens is 2. The van der Waals surface area contributed by atoms with Crippen molar-refractivity contribution in [1.82, 2.24) is 10.6 Å². The highest BCUT2D eigenvalue weighted by atomic mass is 35.5. The predicted molar refractivity (Wildman–Crippen MR) is 103 cm³/mol. The highest BCUT2D eigenvalue weighted by Crippen LogP contribution is 2.33. The Kier molecular flexibility index (Phi) is 8.36. The maximum atomic E-state index is 13.2. The number of benzene rings is 1. The van der Waals surface area contributed by atoms with Gasteiger partial charge in [-0.05, 0) is 60.9 Å². The molecule has 0 radical (unpaired) electrons. The molecule has 5 heteroatoms. The fraction of sp³-hybridized carbons (Fsp3) is 0.650. The van der Waals surface area contributed by atoms with Crippen LogP contribution in [0.5, 0.6) is 0 Å². The summed E-state index contributed by atoms with van der Waals surface area (Å²) in [5.74, 6) is 0.847. The van der Waals surface area contributed by atoms with Crippen molar-refractivity contribution in [2.75, 3.05) is 13.1 Å². The molecule has 25 heavy (non-hydrogen) atoms. The molecule has 1 aliphatic heterocycles. The van der Waals surface area contributed by atoms with Crippen LogP contribution in [-0.4, -0.2) is 19.0 Å². The van der Waals surface area contributed by atoms with Gasteiger partial charge < -0.3 is 10.6 Å². The van der Waals surface area contributed by atoms with Crippen LogP contribution < -0.4 is 10.6 Å². The van der Waals surface area contributed by atoms with Gasteiger partial charge in [0.15, 0.2) is 0 Å². The molecule has 1 aromatic carbocycles. The van der Waals surface area contributed by atoms with Crippen LogP contribution in [-0.2, 0) is 4.79 Å². The Hall–Kier alpha value is -1.13. The van der Waals surface area contributed by atoms with Crippen molar-refractivity contribution in [3.05, 3.63) is 35.6 Å². The smallest absolute Gasteiger partial charge is 0.220 e. The number of hydrogen-bond acceptors (Lipinski definition) is 2. The summed E-state index contributed by atoms with van der Waals surface area (Å²) in [5, 5.41) is 6.56. The summed E-state index contributed by atoms with van der Waals surface area (Å²) >= 11 is 0. The van der Waals surface area contributed by atoms with Crippen molar-refractivity contribution in [2.45, 2.75) is 53.0 Å². The first kappa shape index (κ1) is 21.9. The number of nitrogens with one attached hydrogen (secondary N) is 2. The molecule has 2 unspecified atom stereocenters. The predicted octanol–water partition coefficient (Wildman–Crippen LogP) is 4.48. The summed E-state index contributed by atoms with van der Waals surface area (Å²) < 4.78 is 13.2. The molecular weight excluding hydrogens is 339 g/mol. The number of rotatable bonds is 5. The molecule has 1 heterocycles. The molecule has 142 valence electrons. The van der Waals surface area contributed by atoms with Crippen LogP contribution in [0.15, 0.2) is 24.3 Å². The van der Waals surface area contributed by atoms with E-state index in [1.54, 1.807) is 12.1 Å². The van der Waals surface area contributed by atoms with E-state index in [4.69, 9.17) is 0 Å².